The van der Waals surface area contributed by atoms with Gasteiger partial charge in [-0.1, -0.05) is 54.6 Å². The number of amides is 1. The number of carbonyl (C=O) groups is 1. The van der Waals surface area contributed by atoms with Gasteiger partial charge < -0.3 is 10.2 Å². The van der Waals surface area contributed by atoms with Crippen LogP contribution in [0.5, 0.6) is 0 Å². The van der Waals surface area contributed by atoms with Crippen LogP contribution in [0, 0.1) is 6.92 Å². The summed E-state index contributed by atoms with van der Waals surface area (Å²) in [5, 5.41) is 2.93. The van der Waals surface area contributed by atoms with Crippen LogP contribution in [0.15, 0.2) is 72.9 Å². The minimum atomic E-state index is -0.162. The third-order valence-corrected chi connectivity index (χ3v) is 4.38. The van der Waals surface area contributed by atoms with E-state index in [4.69, 9.17) is 0 Å². The van der Waals surface area contributed by atoms with Crippen molar-refractivity contribution in [3.8, 4) is 0 Å². The number of nitrogens with zero attached hydrogens (tertiary/aromatic N) is 2. The van der Waals surface area contributed by atoms with E-state index in [0.29, 0.717) is 12.2 Å². The van der Waals surface area contributed by atoms with Crippen molar-refractivity contribution in [2.45, 2.75) is 20.0 Å². The monoisotopic (exact) mass is 345 g/mol. The van der Waals surface area contributed by atoms with Crippen molar-refractivity contribution in [2.75, 3.05) is 11.9 Å². The molecule has 1 heterocycles. The maximum Gasteiger partial charge on any atom is 0.270 e. The maximum absolute atomic E-state index is 12.3. The van der Waals surface area contributed by atoms with Crippen LogP contribution in [-0.4, -0.2) is 17.9 Å². The molecule has 0 saturated heterocycles. The highest BCUT2D eigenvalue weighted by Gasteiger charge is 2.09. The van der Waals surface area contributed by atoms with Crippen molar-refractivity contribution in [3.05, 3.63) is 95.3 Å². The van der Waals surface area contributed by atoms with Crippen molar-refractivity contribution in [1.82, 2.24) is 10.3 Å². The molecule has 0 saturated carbocycles. The minimum absolute atomic E-state index is 0.162. The molecule has 26 heavy (non-hydrogen) atoms. The first-order chi connectivity index (χ1) is 12.6. The van der Waals surface area contributed by atoms with Gasteiger partial charge in [0.05, 0.1) is 11.9 Å². The normalized spacial score (nSPS) is 10.4. The van der Waals surface area contributed by atoms with Crippen molar-refractivity contribution >= 4 is 11.6 Å². The van der Waals surface area contributed by atoms with Crippen LogP contribution in [0.2, 0.25) is 0 Å². The van der Waals surface area contributed by atoms with E-state index in [-0.39, 0.29) is 5.91 Å². The number of hydrogen-bond acceptors (Lipinski definition) is 3. The van der Waals surface area contributed by atoms with Gasteiger partial charge in [-0.2, -0.15) is 0 Å². The Hall–Kier alpha value is -3.14. The third-order valence-electron chi connectivity index (χ3n) is 4.38. The maximum atomic E-state index is 12.3. The second-order valence-corrected chi connectivity index (χ2v) is 6.35. The molecule has 0 unspecified atom stereocenters. The fourth-order valence-corrected chi connectivity index (χ4v) is 2.77. The SMILES string of the molecule is Cc1ccccc1CNC(=O)c1ccc(N(C)Cc2ccccc2)cn1. The summed E-state index contributed by atoms with van der Waals surface area (Å²) >= 11 is 0. The van der Waals surface area contributed by atoms with Crippen molar-refractivity contribution in [1.29, 1.82) is 0 Å². The molecular weight excluding hydrogens is 322 g/mol. The lowest BCUT2D eigenvalue weighted by atomic mass is 10.1. The standard InChI is InChI=1S/C22H23N3O/c1-17-8-6-7-11-19(17)14-24-22(26)21-13-12-20(15-23-21)25(2)16-18-9-4-3-5-10-18/h3-13,15H,14,16H2,1-2H3,(H,24,26). The lowest BCUT2D eigenvalue weighted by Crippen LogP contribution is -2.24. The fourth-order valence-electron chi connectivity index (χ4n) is 2.77. The van der Waals surface area contributed by atoms with E-state index in [2.05, 4.69) is 27.3 Å². The van der Waals surface area contributed by atoms with Crippen LogP contribution in [0.1, 0.15) is 27.2 Å². The Morgan fingerprint density at radius 3 is 2.42 bits per heavy atom. The molecule has 0 aliphatic rings. The molecule has 4 nitrogen and oxygen atoms in total. The molecule has 3 rings (SSSR count). The second kappa shape index (κ2) is 8.30. The van der Waals surface area contributed by atoms with Gasteiger partial charge in [-0.3, -0.25) is 4.79 Å². The van der Waals surface area contributed by atoms with E-state index in [1.807, 2.05) is 62.5 Å². The average molecular weight is 345 g/mol. The molecule has 1 amide bonds. The summed E-state index contributed by atoms with van der Waals surface area (Å²) in [6, 6.07) is 22.0. The molecule has 0 bridgehead atoms. The van der Waals surface area contributed by atoms with Crippen LogP contribution in [0.4, 0.5) is 5.69 Å². The van der Waals surface area contributed by atoms with Crippen molar-refractivity contribution in [2.24, 2.45) is 0 Å². The average Bonchev–Trinajstić information content (AvgIpc) is 2.68. The smallest absolute Gasteiger partial charge is 0.270 e. The molecule has 4 heteroatoms. The lowest BCUT2D eigenvalue weighted by Gasteiger charge is -2.19. The predicted molar refractivity (Wildman–Crippen MR) is 105 cm³/mol. The molecule has 3 aromatic rings. The van der Waals surface area contributed by atoms with Gasteiger partial charge in [0.1, 0.15) is 5.69 Å². The fraction of sp³-hybridized carbons (Fsp3) is 0.182. The zero-order chi connectivity index (χ0) is 18.4. The largest absolute Gasteiger partial charge is 0.369 e. The van der Waals surface area contributed by atoms with Gasteiger partial charge in [0.25, 0.3) is 5.91 Å². The zero-order valence-corrected chi connectivity index (χ0v) is 15.1. The summed E-state index contributed by atoms with van der Waals surface area (Å²) in [6.07, 6.45) is 1.74. The molecule has 0 atom stereocenters. The van der Waals surface area contributed by atoms with E-state index >= 15 is 0 Å². The number of rotatable bonds is 6. The summed E-state index contributed by atoms with van der Waals surface area (Å²) in [5.74, 6) is -0.162. The molecule has 0 spiro atoms. The molecule has 2 aromatic carbocycles. The van der Waals surface area contributed by atoms with Gasteiger partial charge >= 0.3 is 0 Å². The number of hydrogen-bond donors (Lipinski definition) is 1. The summed E-state index contributed by atoms with van der Waals surface area (Å²) in [6.45, 7) is 3.33. The highest BCUT2D eigenvalue weighted by molar-refractivity contribution is 5.92. The molecule has 0 fully saturated rings. The zero-order valence-electron chi connectivity index (χ0n) is 15.1. The number of anilines is 1. The first-order valence-corrected chi connectivity index (χ1v) is 8.67. The van der Waals surface area contributed by atoms with Crippen molar-refractivity contribution in [3.63, 3.8) is 0 Å². The highest BCUT2D eigenvalue weighted by Crippen LogP contribution is 2.15. The molecule has 1 N–H and O–H groups in total. The van der Waals surface area contributed by atoms with Gasteiger partial charge in [-0.25, -0.2) is 4.98 Å². The van der Waals surface area contributed by atoms with E-state index in [9.17, 15) is 4.79 Å². The van der Waals surface area contributed by atoms with Gasteiger partial charge in [0.15, 0.2) is 0 Å². The molecule has 1 aromatic heterocycles. The van der Waals surface area contributed by atoms with Crippen molar-refractivity contribution < 1.29 is 4.79 Å². The van der Waals surface area contributed by atoms with Gasteiger partial charge in [0.2, 0.25) is 0 Å². The minimum Gasteiger partial charge on any atom is -0.369 e. The van der Waals surface area contributed by atoms with E-state index in [0.717, 1.165) is 17.8 Å². The highest BCUT2D eigenvalue weighted by atomic mass is 16.1. The number of carbonyl (C=O) groups excluding carboxylic acids is 1. The topological polar surface area (TPSA) is 45.2 Å². The lowest BCUT2D eigenvalue weighted by molar-refractivity contribution is 0.0946. The summed E-state index contributed by atoms with van der Waals surface area (Å²) in [7, 11) is 2.02. The first-order valence-electron chi connectivity index (χ1n) is 8.67. The molecular formula is C22H23N3O. The van der Waals surface area contributed by atoms with Gasteiger partial charge in [-0.05, 0) is 35.7 Å². The van der Waals surface area contributed by atoms with Gasteiger partial charge in [0, 0.05) is 20.1 Å². The third kappa shape index (κ3) is 4.48. The number of benzene rings is 2. The Kier molecular flexibility index (Phi) is 5.64. The Morgan fingerprint density at radius 1 is 1.00 bits per heavy atom. The molecule has 0 aliphatic heterocycles. The van der Waals surface area contributed by atoms with Crippen LogP contribution < -0.4 is 10.2 Å². The van der Waals surface area contributed by atoms with Crippen LogP contribution in [0.25, 0.3) is 0 Å². The summed E-state index contributed by atoms with van der Waals surface area (Å²) in [5.41, 5.74) is 4.91. The van der Waals surface area contributed by atoms with E-state index < -0.39 is 0 Å². The van der Waals surface area contributed by atoms with Crippen LogP contribution >= 0.6 is 0 Å². The molecule has 132 valence electrons. The van der Waals surface area contributed by atoms with E-state index in [1.165, 1.54) is 11.1 Å². The van der Waals surface area contributed by atoms with Gasteiger partial charge in [-0.15, -0.1) is 0 Å². The number of nitrogens with one attached hydrogen (secondary N) is 1. The first kappa shape index (κ1) is 17.7. The summed E-state index contributed by atoms with van der Waals surface area (Å²) in [4.78, 5) is 18.7. The Bertz CT molecular complexity index is 860. The number of aromatic nitrogens is 1. The summed E-state index contributed by atoms with van der Waals surface area (Å²) < 4.78 is 0. The Balaban J connectivity index is 1.60. The van der Waals surface area contributed by atoms with Crippen LogP contribution in [0.3, 0.4) is 0 Å². The number of aryl methyl sites for hydroxylation is 1. The van der Waals surface area contributed by atoms with E-state index in [1.54, 1.807) is 12.3 Å². The number of pyridine rings is 1. The molecule has 0 aliphatic carbocycles. The predicted octanol–water partition coefficient (Wildman–Crippen LogP) is 3.96. The molecule has 0 radical (unpaired) electrons. The Labute approximate surface area is 154 Å². The van der Waals surface area contributed by atoms with Crippen LogP contribution in [-0.2, 0) is 13.1 Å². The Morgan fingerprint density at radius 2 is 1.73 bits per heavy atom. The second-order valence-electron chi connectivity index (χ2n) is 6.35. The quantitative estimate of drug-likeness (QED) is 0.735.